The maximum absolute atomic E-state index is 12.8. The summed E-state index contributed by atoms with van der Waals surface area (Å²) >= 11 is 1.21. The average Bonchev–Trinajstić information content (AvgIpc) is 3.23. The standard InChI is InChI=1S/C22H30N2O3S2/c1-16(17-9-11-19(12-10-17)22(2,3)4)23-21(25)18-7-5-13-24(15-18)29(26,27)20-8-6-14-28-20/h6,8-12,14,16,18H,5,7,13,15H2,1-4H3,(H,23,25)/t16-,18-/m1/s1. The van der Waals surface area contributed by atoms with Crippen LogP contribution in [0.5, 0.6) is 0 Å². The molecule has 0 spiro atoms. The van der Waals surface area contributed by atoms with Gasteiger partial charge in [0.15, 0.2) is 0 Å². The number of piperidine rings is 1. The first-order chi connectivity index (χ1) is 13.6. The van der Waals surface area contributed by atoms with Gasteiger partial charge < -0.3 is 5.32 Å². The number of nitrogens with one attached hydrogen (secondary N) is 1. The van der Waals surface area contributed by atoms with Crippen molar-refractivity contribution >= 4 is 27.3 Å². The number of hydrogen-bond donors (Lipinski definition) is 1. The van der Waals surface area contributed by atoms with Gasteiger partial charge in [0.2, 0.25) is 5.91 Å². The van der Waals surface area contributed by atoms with E-state index in [0.29, 0.717) is 23.6 Å². The number of nitrogens with zero attached hydrogens (tertiary/aromatic N) is 1. The zero-order valence-electron chi connectivity index (χ0n) is 17.5. The minimum absolute atomic E-state index is 0.0801. The highest BCUT2D eigenvalue weighted by Crippen LogP contribution is 2.27. The van der Waals surface area contributed by atoms with Gasteiger partial charge in [-0.3, -0.25) is 4.79 Å². The van der Waals surface area contributed by atoms with Gasteiger partial charge in [-0.1, -0.05) is 51.1 Å². The Kier molecular flexibility index (Phi) is 6.51. The third-order valence-electron chi connectivity index (χ3n) is 5.48. The monoisotopic (exact) mass is 434 g/mol. The fourth-order valence-corrected chi connectivity index (χ4v) is 6.27. The molecule has 29 heavy (non-hydrogen) atoms. The largest absolute Gasteiger partial charge is 0.349 e. The fourth-order valence-electron chi connectivity index (χ4n) is 3.60. The summed E-state index contributed by atoms with van der Waals surface area (Å²) in [7, 11) is -3.51. The lowest BCUT2D eigenvalue weighted by atomic mass is 9.86. The summed E-state index contributed by atoms with van der Waals surface area (Å²) in [5, 5.41) is 4.83. The second-order valence-electron chi connectivity index (χ2n) is 8.74. The molecule has 0 saturated carbocycles. The molecule has 0 bridgehead atoms. The van der Waals surface area contributed by atoms with Crippen molar-refractivity contribution in [3.05, 3.63) is 52.9 Å². The van der Waals surface area contributed by atoms with Crippen LogP contribution >= 0.6 is 11.3 Å². The Bertz CT molecular complexity index is 929. The van der Waals surface area contributed by atoms with E-state index in [4.69, 9.17) is 0 Å². The van der Waals surface area contributed by atoms with E-state index >= 15 is 0 Å². The van der Waals surface area contributed by atoms with Crippen LogP contribution in [0.4, 0.5) is 0 Å². The number of rotatable bonds is 5. The maximum Gasteiger partial charge on any atom is 0.252 e. The highest BCUT2D eigenvalue weighted by Gasteiger charge is 2.34. The molecule has 0 unspecified atom stereocenters. The number of thiophene rings is 1. The lowest BCUT2D eigenvalue weighted by Crippen LogP contribution is -2.45. The van der Waals surface area contributed by atoms with Gasteiger partial charge >= 0.3 is 0 Å². The van der Waals surface area contributed by atoms with Crippen LogP contribution in [0.15, 0.2) is 46.0 Å². The van der Waals surface area contributed by atoms with E-state index in [2.05, 4.69) is 50.4 Å². The average molecular weight is 435 g/mol. The zero-order valence-corrected chi connectivity index (χ0v) is 19.1. The van der Waals surface area contributed by atoms with Crippen molar-refractivity contribution in [2.75, 3.05) is 13.1 Å². The number of carbonyl (C=O) groups excluding carboxylic acids is 1. The molecule has 158 valence electrons. The highest BCUT2D eigenvalue weighted by atomic mass is 32.2. The van der Waals surface area contributed by atoms with Crippen molar-refractivity contribution in [2.24, 2.45) is 5.92 Å². The molecule has 2 atom stereocenters. The molecule has 3 rings (SSSR count). The van der Waals surface area contributed by atoms with Crippen LogP contribution in [0.2, 0.25) is 0 Å². The van der Waals surface area contributed by atoms with Crippen LogP contribution in [-0.4, -0.2) is 31.7 Å². The topological polar surface area (TPSA) is 66.5 Å². The molecule has 1 aromatic heterocycles. The molecular formula is C22H30N2O3S2. The van der Waals surface area contributed by atoms with Crippen molar-refractivity contribution in [3.63, 3.8) is 0 Å². The van der Waals surface area contributed by atoms with Gasteiger partial charge in [-0.2, -0.15) is 4.31 Å². The molecule has 1 fully saturated rings. The molecule has 1 amide bonds. The SMILES string of the molecule is C[C@@H](NC(=O)[C@@H]1CCCN(S(=O)(=O)c2cccs2)C1)c1ccc(C(C)(C)C)cc1. The Morgan fingerprint density at radius 1 is 1.21 bits per heavy atom. The number of amides is 1. The summed E-state index contributed by atoms with van der Waals surface area (Å²) in [5.74, 6) is -0.404. The Hall–Kier alpha value is -1.70. The molecule has 1 N–H and O–H groups in total. The first kappa shape index (κ1) is 22.0. The van der Waals surface area contributed by atoms with Gasteiger partial charge in [0, 0.05) is 13.1 Å². The van der Waals surface area contributed by atoms with Crippen molar-refractivity contribution in [2.45, 2.75) is 56.2 Å². The van der Waals surface area contributed by atoms with Crippen molar-refractivity contribution < 1.29 is 13.2 Å². The van der Waals surface area contributed by atoms with E-state index in [0.717, 1.165) is 5.56 Å². The molecule has 7 heteroatoms. The number of hydrogen-bond acceptors (Lipinski definition) is 4. The second-order valence-corrected chi connectivity index (χ2v) is 11.8. The predicted molar refractivity (Wildman–Crippen MR) is 118 cm³/mol. The Morgan fingerprint density at radius 2 is 1.90 bits per heavy atom. The fraction of sp³-hybridized carbons (Fsp3) is 0.500. The van der Waals surface area contributed by atoms with Crippen LogP contribution < -0.4 is 5.32 Å². The quantitative estimate of drug-likeness (QED) is 0.762. The van der Waals surface area contributed by atoms with Gasteiger partial charge in [-0.05, 0) is 47.8 Å². The number of benzene rings is 1. The summed E-state index contributed by atoms with van der Waals surface area (Å²) in [6.07, 6.45) is 1.40. The van der Waals surface area contributed by atoms with Gasteiger partial charge in [0.1, 0.15) is 4.21 Å². The molecule has 1 aliphatic rings. The third kappa shape index (κ3) is 5.08. The lowest BCUT2D eigenvalue weighted by molar-refractivity contribution is -0.126. The molecule has 2 aromatic rings. The summed E-state index contributed by atoms with van der Waals surface area (Å²) in [6.45, 7) is 9.19. The third-order valence-corrected chi connectivity index (χ3v) is 8.72. The van der Waals surface area contributed by atoms with Gasteiger partial charge in [0.25, 0.3) is 10.0 Å². The minimum atomic E-state index is -3.51. The zero-order chi connectivity index (χ0) is 21.2. The van der Waals surface area contributed by atoms with Crippen molar-refractivity contribution in [1.82, 2.24) is 9.62 Å². The van der Waals surface area contributed by atoms with Gasteiger partial charge in [-0.25, -0.2) is 8.42 Å². The normalized spacial score (nSPS) is 19.7. The van der Waals surface area contributed by atoms with E-state index < -0.39 is 10.0 Å². The molecule has 0 aliphatic carbocycles. The number of carbonyl (C=O) groups is 1. The first-order valence-electron chi connectivity index (χ1n) is 10.0. The van der Waals surface area contributed by atoms with Crippen molar-refractivity contribution in [1.29, 1.82) is 0 Å². The van der Waals surface area contributed by atoms with E-state index in [-0.39, 0.29) is 29.8 Å². The lowest BCUT2D eigenvalue weighted by Gasteiger charge is -2.31. The number of sulfonamides is 1. The van der Waals surface area contributed by atoms with E-state index in [1.165, 1.54) is 21.2 Å². The molecule has 1 aliphatic heterocycles. The van der Waals surface area contributed by atoms with Gasteiger partial charge in [-0.15, -0.1) is 11.3 Å². The molecule has 1 aromatic carbocycles. The summed E-state index contributed by atoms with van der Waals surface area (Å²) in [4.78, 5) is 12.8. The molecule has 2 heterocycles. The van der Waals surface area contributed by atoms with E-state index in [1.807, 2.05) is 6.92 Å². The molecular weight excluding hydrogens is 404 g/mol. The van der Waals surface area contributed by atoms with Crippen LogP contribution in [0, 0.1) is 5.92 Å². The van der Waals surface area contributed by atoms with Crippen LogP contribution in [-0.2, 0) is 20.2 Å². The van der Waals surface area contributed by atoms with Crippen molar-refractivity contribution in [3.8, 4) is 0 Å². The Labute approximate surface area is 178 Å². The van der Waals surface area contributed by atoms with E-state index in [1.54, 1.807) is 17.5 Å². The summed E-state index contributed by atoms with van der Waals surface area (Å²) in [6, 6.07) is 11.5. The Balaban J connectivity index is 1.64. The van der Waals surface area contributed by atoms with E-state index in [9.17, 15) is 13.2 Å². The predicted octanol–water partition coefficient (Wildman–Crippen LogP) is 4.32. The second kappa shape index (κ2) is 8.58. The Morgan fingerprint density at radius 3 is 2.48 bits per heavy atom. The molecule has 5 nitrogen and oxygen atoms in total. The maximum atomic E-state index is 12.8. The van der Waals surface area contributed by atoms with Crippen LogP contribution in [0.3, 0.4) is 0 Å². The van der Waals surface area contributed by atoms with Crippen LogP contribution in [0.25, 0.3) is 0 Å². The highest BCUT2D eigenvalue weighted by molar-refractivity contribution is 7.91. The molecule has 0 radical (unpaired) electrons. The smallest absolute Gasteiger partial charge is 0.252 e. The summed E-state index contributed by atoms with van der Waals surface area (Å²) in [5.41, 5.74) is 2.39. The van der Waals surface area contributed by atoms with Crippen LogP contribution in [0.1, 0.15) is 57.7 Å². The molecule has 1 saturated heterocycles. The van der Waals surface area contributed by atoms with Gasteiger partial charge in [0.05, 0.1) is 12.0 Å². The minimum Gasteiger partial charge on any atom is -0.349 e. The summed E-state index contributed by atoms with van der Waals surface area (Å²) < 4.78 is 27.3. The first-order valence-corrected chi connectivity index (χ1v) is 12.4.